The summed E-state index contributed by atoms with van der Waals surface area (Å²) in [7, 11) is -2.25. The first-order chi connectivity index (χ1) is 17.9. The monoisotopic (exact) mass is 542 g/mol. The number of nitrogens with two attached hydrogens (primary N) is 1. The fraction of sp³-hybridized carbons (Fsp3) is 0.759. The number of carbonyl (C=O) groups excluding carboxylic acids is 1. The first-order valence-corrected chi connectivity index (χ1v) is 16.0. The van der Waals surface area contributed by atoms with E-state index in [1.54, 1.807) is 0 Å². The summed E-state index contributed by atoms with van der Waals surface area (Å²) in [5, 5.41) is 1.86. The molecule has 1 rings (SSSR count). The van der Waals surface area contributed by atoms with Crippen molar-refractivity contribution in [3.05, 3.63) is 29.8 Å². The molecule has 0 saturated carbocycles. The van der Waals surface area contributed by atoms with Crippen molar-refractivity contribution in [2.45, 2.75) is 104 Å². The van der Waals surface area contributed by atoms with Crippen LogP contribution in [-0.2, 0) is 24.8 Å². The topological polar surface area (TPSA) is 98.7 Å². The van der Waals surface area contributed by atoms with E-state index in [-0.39, 0.29) is 24.9 Å². The number of phosphoric acid groups is 1. The summed E-state index contributed by atoms with van der Waals surface area (Å²) in [5.41, 5.74) is 1.14. The van der Waals surface area contributed by atoms with E-state index in [2.05, 4.69) is 19.1 Å². The second kappa shape index (κ2) is 21.7. The van der Waals surface area contributed by atoms with Crippen molar-refractivity contribution in [2.75, 3.05) is 33.4 Å². The van der Waals surface area contributed by atoms with Crippen LogP contribution in [0.1, 0.15) is 103 Å². The lowest BCUT2D eigenvalue weighted by atomic mass is 9.94. The Bertz CT molecular complexity index is 742. The first-order valence-electron chi connectivity index (χ1n) is 14.5. The van der Waals surface area contributed by atoms with E-state index < -0.39 is 7.82 Å². The summed E-state index contributed by atoms with van der Waals surface area (Å²) in [6.07, 6.45) is 14.8. The maximum Gasteiger partial charge on any atom is 0.472 e. The molecule has 0 fully saturated rings. The SMILES string of the molecule is CCCCCCCCCCCOc1ccc(CCC(COP(=O)(O)OCC[NH2+]C)CC(=O)CCC)cc1. The molecule has 0 spiro atoms. The van der Waals surface area contributed by atoms with Gasteiger partial charge in [-0.25, -0.2) is 4.57 Å². The summed E-state index contributed by atoms with van der Waals surface area (Å²) >= 11 is 0. The molecular formula is C29H53NO6P+. The third-order valence-corrected chi connectivity index (χ3v) is 7.44. The smallest absolute Gasteiger partial charge is 0.472 e. The van der Waals surface area contributed by atoms with Crippen molar-refractivity contribution >= 4 is 13.6 Å². The number of Topliss-reactive ketones (excluding diaryl/α,β-unsaturated/α-hetero) is 1. The number of hydrogen-bond donors (Lipinski definition) is 2. The van der Waals surface area contributed by atoms with E-state index in [1.165, 1.54) is 51.4 Å². The fourth-order valence-electron chi connectivity index (χ4n) is 4.20. The summed E-state index contributed by atoms with van der Waals surface area (Å²) in [5.74, 6) is 0.901. The zero-order valence-electron chi connectivity index (χ0n) is 23.6. The highest BCUT2D eigenvalue weighted by Crippen LogP contribution is 2.43. The number of likely N-dealkylation sites (N-methyl/N-ethyl adjacent to an activating group) is 1. The minimum absolute atomic E-state index is 0.0268. The molecule has 0 aliphatic heterocycles. The quantitative estimate of drug-likeness (QED) is 0.112. The molecule has 0 amide bonds. The maximum absolute atomic E-state index is 12.2. The Kier molecular flexibility index (Phi) is 19.8. The van der Waals surface area contributed by atoms with E-state index in [0.29, 0.717) is 25.8 Å². The summed E-state index contributed by atoms with van der Waals surface area (Å²) in [4.78, 5) is 22.2. The minimum atomic E-state index is -4.11. The van der Waals surface area contributed by atoms with Gasteiger partial charge in [0.05, 0.1) is 26.8 Å². The normalized spacial score (nSPS) is 13.8. The van der Waals surface area contributed by atoms with Crippen LogP contribution in [-0.4, -0.2) is 44.1 Å². The highest BCUT2D eigenvalue weighted by molar-refractivity contribution is 7.47. The molecule has 0 radical (unpaired) electrons. The molecule has 37 heavy (non-hydrogen) atoms. The van der Waals surface area contributed by atoms with Gasteiger partial charge in [0.25, 0.3) is 0 Å². The van der Waals surface area contributed by atoms with Crippen LogP contribution in [0, 0.1) is 5.92 Å². The number of hydrogen-bond acceptors (Lipinski definition) is 5. The van der Waals surface area contributed by atoms with Crippen LogP contribution in [0.3, 0.4) is 0 Å². The third kappa shape index (κ3) is 18.6. The van der Waals surface area contributed by atoms with Crippen LogP contribution in [0.4, 0.5) is 0 Å². The molecule has 8 heteroatoms. The van der Waals surface area contributed by atoms with Crippen molar-refractivity contribution < 1.29 is 33.4 Å². The molecule has 3 N–H and O–H groups in total. The van der Waals surface area contributed by atoms with Gasteiger partial charge in [0.2, 0.25) is 0 Å². The van der Waals surface area contributed by atoms with Crippen molar-refractivity contribution in [3.8, 4) is 5.75 Å². The molecule has 0 aliphatic carbocycles. The van der Waals surface area contributed by atoms with Crippen molar-refractivity contribution in [1.82, 2.24) is 0 Å². The zero-order chi connectivity index (χ0) is 27.2. The third-order valence-electron chi connectivity index (χ3n) is 6.46. The Morgan fingerprint density at radius 2 is 1.57 bits per heavy atom. The number of carbonyl (C=O) groups is 1. The molecule has 0 aliphatic rings. The molecule has 2 atom stereocenters. The number of ether oxygens (including phenoxy) is 1. The van der Waals surface area contributed by atoms with Gasteiger partial charge in [-0.3, -0.25) is 13.8 Å². The highest BCUT2D eigenvalue weighted by Gasteiger charge is 2.24. The van der Waals surface area contributed by atoms with Gasteiger partial charge in [-0.1, -0.05) is 77.3 Å². The van der Waals surface area contributed by atoms with Gasteiger partial charge in [-0.15, -0.1) is 0 Å². The van der Waals surface area contributed by atoms with Crippen LogP contribution >= 0.6 is 7.82 Å². The first kappa shape index (κ1) is 33.8. The Morgan fingerprint density at radius 3 is 2.19 bits per heavy atom. The van der Waals surface area contributed by atoms with E-state index in [9.17, 15) is 14.3 Å². The van der Waals surface area contributed by atoms with Gasteiger partial charge in [0.15, 0.2) is 0 Å². The fourth-order valence-corrected chi connectivity index (χ4v) is 5.01. The van der Waals surface area contributed by atoms with E-state index in [0.717, 1.165) is 37.2 Å². The van der Waals surface area contributed by atoms with Crippen molar-refractivity contribution in [3.63, 3.8) is 0 Å². The van der Waals surface area contributed by atoms with Crippen LogP contribution in [0.5, 0.6) is 5.75 Å². The predicted octanol–water partition coefficient (Wildman–Crippen LogP) is 6.23. The number of rotatable bonds is 25. The van der Waals surface area contributed by atoms with Crippen molar-refractivity contribution in [1.29, 1.82) is 0 Å². The van der Waals surface area contributed by atoms with Crippen LogP contribution in [0.2, 0.25) is 0 Å². The Labute approximate surface area is 225 Å². The lowest BCUT2D eigenvalue weighted by Crippen LogP contribution is -2.80. The summed E-state index contributed by atoms with van der Waals surface area (Å²) < 4.78 is 28.2. The van der Waals surface area contributed by atoms with Gasteiger partial charge < -0.3 is 14.9 Å². The zero-order valence-corrected chi connectivity index (χ0v) is 24.5. The molecule has 0 saturated heterocycles. The second-order valence-corrected chi connectivity index (χ2v) is 11.5. The van der Waals surface area contributed by atoms with Gasteiger partial charge in [-0.2, -0.15) is 0 Å². The molecule has 1 aromatic carbocycles. The predicted molar refractivity (Wildman–Crippen MR) is 150 cm³/mol. The lowest BCUT2D eigenvalue weighted by Gasteiger charge is -2.19. The molecule has 0 heterocycles. The van der Waals surface area contributed by atoms with Gasteiger partial charge in [-0.05, 0) is 49.3 Å². The summed E-state index contributed by atoms with van der Waals surface area (Å²) in [6, 6.07) is 8.10. The number of aryl methyl sites for hydroxylation is 1. The lowest BCUT2D eigenvalue weighted by molar-refractivity contribution is -0.627. The minimum Gasteiger partial charge on any atom is -0.494 e. The van der Waals surface area contributed by atoms with Crippen LogP contribution in [0.25, 0.3) is 0 Å². The number of unbranched alkanes of at least 4 members (excludes halogenated alkanes) is 8. The van der Waals surface area contributed by atoms with Crippen molar-refractivity contribution in [2.24, 2.45) is 5.92 Å². The molecule has 1 aromatic rings. The molecule has 0 aromatic heterocycles. The standard InChI is InChI=1S/C29H52NO6P/c1-4-6-7-8-9-10-11-12-13-22-34-29-19-17-26(18-20-29)15-16-27(24-28(31)14-5-2)25-36-37(32,33)35-23-21-30-3/h17-20,27,30H,4-16,21-25H2,1-3H3,(H,32,33)/p+1. The number of benzene rings is 1. The number of phosphoric ester groups is 1. The Hall–Kier alpha value is -1.24. The van der Waals surface area contributed by atoms with Gasteiger partial charge in [0, 0.05) is 12.8 Å². The molecular weight excluding hydrogens is 489 g/mol. The molecule has 2 unspecified atom stereocenters. The highest BCUT2D eigenvalue weighted by atomic mass is 31.2. The largest absolute Gasteiger partial charge is 0.494 e. The Morgan fingerprint density at radius 1 is 0.919 bits per heavy atom. The maximum atomic E-state index is 12.2. The van der Waals surface area contributed by atoms with E-state index in [1.807, 2.05) is 31.4 Å². The Balaban J connectivity index is 2.38. The van der Waals surface area contributed by atoms with E-state index in [4.69, 9.17) is 13.8 Å². The number of quaternary nitrogens is 1. The van der Waals surface area contributed by atoms with Crippen LogP contribution in [0.15, 0.2) is 24.3 Å². The molecule has 7 nitrogen and oxygen atoms in total. The average molecular weight is 543 g/mol. The van der Waals surface area contributed by atoms with Gasteiger partial charge >= 0.3 is 7.82 Å². The molecule has 214 valence electrons. The van der Waals surface area contributed by atoms with Gasteiger partial charge in [0.1, 0.15) is 18.1 Å². The number of ketones is 1. The molecule has 0 bridgehead atoms. The van der Waals surface area contributed by atoms with Crippen LogP contribution < -0.4 is 10.1 Å². The second-order valence-electron chi connectivity index (χ2n) is 10.0. The average Bonchev–Trinajstić information content (AvgIpc) is 2.88. The summed E-state index contributed by atoms with van der Waals surface area (Å²) in [6.45, 7) is 5.71. The van der Waals surface area contributed by atoms with E-state index >= 15 is 0 Å².